The molecule has 122 valence electrons. The summed E-state index contributed by atoms with van der Waals surface area (Å²) in [6.45, 7) is 6.02. The maximum atomic E-state index is 14.2. The molecule has 0 aliphatic rings. The number of benzene rings is 2. The van der Waals surface area contributed by atoms with Gasteiger partial charge in [-0.1, -0.05) is 54.3 Å². The van der Waals surface area contributed by atoms with Crippen molar-refractivity contribution in [3.8, 4) is 10.6 Å². The summed E-state index contributed by atoms with van der Waals surface area (Å²) in [7, 11) is 0. The zero-order valence-electron chi connectivity index (χ0n) is 13.7. The first kappa shape index (κ1) is 15.7. The van der Waals surface area contributed by atoms with E-state index in [-0.39, 0.29) is 5.82 Å². The van der Waals surface area contributed by atoms with Gasteiger partial charge in [0, 0.05) is 11.1 Å². The van der Waals surface area contributed by atoms with Gasteiger partial charge in [-0.3, -0.25) is 0 Å². The van der Waals surface area contributed by atoms with Gasteiger partial charge >= 0.3 is 0 Å². The van der Waals surface area contributed by atoms with E-state index in [1.54, 1.807) is 6.07 Å². The van der Waals surface area contributed by atoms with Crippen molar-refractivity contribution in [3.05, 3.63) is 89.9 Å². The minimum atomic E-state index is -0.257. The Morgan fingerprint density at radius 1 is 1.00 bits per heavy atom. The fourth-order valence-corrected chi connectivity index (χ4v) is 3.65. The quantitative estimate of drug-likeness (QED) is 0.464. The van der Waals surface area contributed by atoms with Crippen molar-refractivity contribution in [1.82, 2.24) is 9.97 Å². The minimum absolute atomic E-state index is 0.257. The maximum absolute atomic E-state index is 14.2. The molecular formula is C21H15FN2S. The molecule has 2 nitrogen and oxygen atoms in total. The van der Waals surface area contributed by atoms with Crippen molar-refractivity contribution in [2.45, 2.75) is 6.92 Å². The van der Waals surface area contributed by atoms with Crippen LogP contribution in [0.25, 0.3) is 26.5 Å². The smallest absolute Gasteiger partial charge is 0.144 e. The van der Waals surface area contributed by atoms with Crippen LogP contribution in [0.2, 0.25) is 0 Å². The molecule has 0 atom stereocenters. The highest BCUT2D eigenvalue weighted by Crippen LogP contribution is 2.32. The van der Waals surface area contributed by atoms with Crippen LogP contribution in [0.5, 0.6) is 0 Å². The lowest BCUT2D eigenvalue weighted by molar-refractivity contribution is 0.630. The highest BCUT2D eigenvalue weighted by atomic mass is 32.1. The van der Waals surface area contributed by atoms with E-state index in [0.717, 1.165) is 32.7 Å². The summed E-state index contributed by atoms with van der Waals surface area (Å²) in [5.41, 5.74) is 4.87. The van der Waals surface area contributed by atoms with Crippen LogP contribution in [0.1, 0.15) is 16.8 Å². The van der Waals surface area contributed by atoms with Crippen LogP contribution in [-0.2, 0) is 0 Å². The number of pyridine rings is 1. The number of aromatic nitrogens is 2. The maximum Gasteiger partial charge on any atom is 0.144 e. The van der Waals surface area contributed by atoms with E-state index < -0.39 is 0 Å². The molecule has 0 fully saturated rings. The van der Waals surface area contributed by atoms with Crippen LogP contribution in [0.4, 0.5) is 4.39 Å². The molecule has 4 aromatic rings. The second-order valence-electron chi connectivity index (χ2n) is 5.87. The molecular weight excluding hydrogens is 331 g/mol. The first-order valence-electron chi connectivity index (χ1n) is 7.90. The molecule has 2 aromatic carbocycles. The SMILES string of the molecule is C=C(c1ccccc1)c1ccc2nc(-c3ccc(C)cc3F)sc2n1. The number of hydrogen-bond acceptors (Lipinski definition) is 3. The van der Waals surface area contributed by atoms with E-state index in [4.69, 9.17) is 0 Å². The van der Waals surface area contributed by atoms with Gasteiger partial charge < -0.3 is 0 Å². The molecule has 2 aromatic heterocycles. The third kappa shape index (κ3) is 2.96. The Labute approximate surface area is 149 Å². The van der Waals surface area contributed by atoms with E-state index in [1.165, 1.54) is 17.4 Å². The van der Waals surface area contributed by atoms with Gasteiger partial charge in [-0.15, -0.1) is 0 Å². The standard InChI is InChI=1S/C21H15FN2S/c1-13-8-9-16(17(22)12-13)20-24-19-11-10-18(23-21(19)25-20)14(2)15-6-4-3-5-7-15/h3-12H,2H2,1H3. The lowest BCUT2D eigenvalue weighted by Gasteiger charge is -2.04. The van der Waals surface area contributed by atoms with Crippen LogP contribution in [0.3, 0.4) is 0 Å². The Kier molecular flexibility index (Phi) is 3.90. The van der Waals surface area contributed by atoms with Gasteiger partial charge in [0.25, 0.3) is 0 Å². The van der Waals surface area contributed by atoms with Gasteiger partial charge in [0.05, 0.1) is 5.69 Å². The number of halogens is 1. The fraction of sp³-hybridized carbons (Fsp3) is 0.0476. The predicted octanol–water partition coefficient (Wildman–Crippen LogP) is 5.87. The van der Waals surface area contributed by atoms with Crippen LogP contribution in [-0.4, -0.2) is 9.97 Å². The van der Waals surface area contributed by atoms with Gasteiger partial charge in [0.15, 0.2) is 0 Å². The van der Waals surface area contributed by atoms with Crippen molar-refractivity contribution < 1.29 is 4.39 Å². The Morgan fingerprint density at radius 2 is 1.80 bits per heavy atom. The lowest BCUT2D eigenvalue weighted by Crippen LogP contribution is -1.89. The van der Waals surface area contributed by atoms with Crippen molar-refractivity contribution in [2.24, 2.45) is 0 Å². The Bertz CT molecular complexity index is 1080. The molecule has 0 aliphatic carbocycles. The summed E-state index contributed by atoms with van der Waals surface area (Å²) < 4.78 is 14.2. The summed E-state index contributed by atoms with van der Waals surface area (Å²) >= 11 is 1.39. The summed E-state index contributed by atoms with van der Waals surface area (Å²) in [6.07, 6.45) is 0. The number of thiazole rings is 1. The molecule has 0 N–H and O–H groups in total. The van der Waals surface area contributed by atoms with E-state index in [2.05, 4.69) is 16.5 Å². The van der Waals surface area contributed by atoms with Crippen molar-refractivity contribution >= 4 is 27.3 Å². The van der Waals surface area contributed by atoms with Crippen LogP contribution in [0, 0.1) is 12.7 Å². The highest BCUT2D eigenvalue weighted by Gasteiger charge is 2.13. The van der Waals surface area contributed by atoms with Crippen LogP contribution < -0.4 is 0 Å². The van der Waals surface area contributed by atoms with Gasteiger partial charge in [0.1, 0.15) is 21.2 Å². The number of fused-ring (bicyclic) bond motifs is 1. The average molecular weight is 346 g/mol. The molecule has 0 aliphatic heterocycles. The van der Waals surface area contributed by atoms with Crippen molar-refractivity contribution in [2.75, 3.05) is 0 Å². The van der Waals surface area contributed by atoms with Gasteiger partial charge in [-0.25, -0.2) is 14.4 Å². The number of rotatable bonds is 3. The van der Waals surface area contributed by atoms with Gasteiger partial charge in [-0.05, 0) is 42.3 Å². The summed E-state index contributed by atoms with van der Waals surface area (Å²) in [5, 5.41) is 0.641. The summed E-state index contributed by atoms with van der Waals surface area (Å²) in [6, 6.07) is 18.9. The van der Waals surface area contributed by atoms with Crippen molar-refractivity contribution in [1.29, 1.82) is 0 Å². The molecule has 0 radical (unpaired) electrons. The van der Waals surface area contributed by atoms with Crippen LogP contribution in [0.15, 0.2) is 67.2 Å². The third-order valence-corrected chi connectivity index (χ3v) is 5.04. The molecule has 0 saturated heterocycles. The Hall–Kier alpha value is -2.85. The zero-order chi connectivity index (χ0) is 17.4. The van der Waals surface area contributed by atoms with Crippen molar-refractivity contribution in [3.63, 3.8) is 0 Å². The number of nitrogens with zero attached hydrogens (tertiary/aromatic N) is 2. The van der Waals surface area contributed by atoms with E-state index in [0.29, 0.717) is 10.6 Å². The van der Waals surface area contributed by atoms with Gasteiger partial charge in [-0.2, -0.15) is 0 Å². The molecule has 0 unspecified atom stereocenters. The molecule has 0 amide bonds. The molecule has 4 rings (SSSR count). The monoisotopic (exact) mass is 346 g/mol. The zero-order valence-corrected chi connectivity index (χ0v) is 14.5. The Morgan fingerprint density at radius 3 is 2.56 bits per heavy atom. The first-order chi connectivity index (χ1) is 12.1. The van der Waals surface area contributed by atoms with E-state index in [1.807, 2.05) is 55.5 Å². The first-order valence-corrected chi connectivity index (χ1v) is 8.72. The second kappa shape index (κ2) is 6.22. The van der Waals surface area contributed by atoms with Crippen LogP contribution >= 0.6 is 11.3 Å². The van der Waals surface area contributed by atoms with E-state index >= 15 is 0 Å². The minimum Gasteiger partial charge on any atom is -0.235 e. The second-order valence-corrected chi connectivity index (χ2v) is 6.85. The highest BCUT2D eigenvalue weighted by molar-refractivity contribution is 7.21. The molecule has 2 heterocycles. The molecule has 0 saturated carbocycles. The lowest BCUT2D eigenvalue weighted by atomic mass is 10.0. The Balaban J connectivity index is 1.76. The predicted molar refractivity (Wildman–Crippen MR) is 102 cm³/mol. The molecule has 0 spiro atoms. The average Bonchev–Trinajstić information content (AvgIpc) is 3.04. The topological polar surface area (TPSA) is 25.8 Å². The number of aryl methyl sites for hydroxylation is 1. The molecule has 25 heavy (non-hydrogen) atoms. The molecule has 0 bridgehead atoms. The summed E-state index contributed by atoms with van der Waals surface area (Å²) in [5.74, 6) is -0.257. The number of hydrogen-bond donors (Lipinski definition) is 0. The molecule has 4 heteroatoms. The summed E-state index contributed by atoms with van der Waals surface area (Å²) in [4.78, 5) is 9.99. The van der Waals surface area contributed by atoms with Gasteiger partial charge in [0.2, 0.25) is 0 Å². The third-order valence-electron chi connectivity index (χ3n) is 4.04. The van der Waals surface area contributed by atoms with E-state index in [9.17, 15) is 4.39 Å². The fourth-order valence-electron chi connectivity index (χ4n) is 2.68. The normalized spacial score (nSPS) is 11.0. The largest absolute Gasteiger partial charge is 0.235 e.